The summed E-state index contributed by atoms with van der Waals surface area (Å²) in [5.74, 6) is 0.0972. The molecule has 0 bridgehead atoms. The molecule has 0 aromatic heterocycles. The van der Waals surface area contributed by atoms with Crippen LogP contribution in [0.2, 0.25) is 0 Å². The standard InChI is InChI=1S/C13H19N3O3/c1-9(14)13(18)16-15-12(17)8-5-10-3-6-11(19-2)7-4-10/h3-4,6-7,9H,5,8,14H2,1-2H3,(H,15,17)(H,16,18). The molecule has 1 rings (SSSR count). The largest absolute Gasteiger partial charge is 0.497 e. The van der Waals surface area contributed by atoms with E-state index >= 15 is 0 Å². The lowest BCUT2D eigenvalue weighted by atomic mass is 10.1. The lowest BCUT2D eigenvalue weighted by Gasteiger charge is -2.09. The molecule has 6 nitrogen and oxygen atoms in total. The van der Waals surface area contributed by atoms with E-state index in [0.29, 0.717) is 6.42 Å². The van der Waals surface area contributed by atoms with E-state index < -0.39 is 11.9 Å². The SMILES string of the molecule is COc1ccc(CCC(=O)NNC(=O)C(C)N)cc1. The van der Waals surface area contributed by atoms with Gasteiger partial charge >= 0.3 is 0 Å². The van der Waals surface area contributed by atoms with Crippen molar-refractivity contribution in [3.8, 4) is 5.75 Å². The van der Waals surface area contributed by atoms with E-state index in [0.717, 1.165) is 11.3 Å². The van der Waals surface area contributed by atoms with Gasteiger partial charge in [-0.25, -0.2) is 0 Å². The van der Waals surface area contributed by atoms with Crippen molar-refractivity contribution < 1.29 is 14.3 Å². The molecule has 6 heteroatoms. The van der Waals surface area contributed by atoms with Gasteiger partial charge < -0.3 is 10.5 Å². The van der Waals surface area contributed by atoms with E-state index in [4.69, 9.17) is 10.5 Å². The monoisotopic (exact) mass is 265 g/mol. The third-order valence-corrected chi connectivity index (χ3v) is 2.54. The van der Waals surface area contributed by atoms with Gasteiger partial charge in [0.05, 0.1) is 13.2 Å². The summed E-state index contributed by atoms with van der Waals surface area (Å²) in [6.07, 6.45) is 0.870. The van der Waals surface area contributed by atoms with Crippen LogP contribution in [0, 0.1) is 0 Å². The Bertz CT molecular complexity index is 429. The predicted molar refractivity (Wildman–Crippen MR) is 71.2 cm³/mol. The molecule has 0 saturated carbocycles. The van der Waals surface area contributed by atoms with Crippen LogP contribution in [0.1, 0.15) is 18.9 Å². The van der Waals surface area contributed by atoms with Crippen LogP contribution in [0.5, 0.6) is 5.75 Å². The first-order valence-corrected chi connectivity index (χ1v) is 6.00. The molecule has 0 spiro atoms. The zero-order chi connectivity index (χ0) is 14.3. The first kappa shape index (κ1) is 15.0. The highest BCUT2D eigenvalue weighted by atomic mass is 16.5. The molecule has 104 valence electrons. The van der Waals surface area contributed by atoms with Crippen molar-refractivity contribution in [2.24, 2.45) is 5.73 Å². The topological polar surface area (TPSA) is 93.5 Å². The summed E-state index contributed by atoms with van der Waals surface area (Å²) < 4.78 is 5.04. The number of carbonyl (C=O) groups is 2. The maximum Gasteiger partial charge on any atom is 0.254 e. The highest BCUT2D eigenvalue weighted by Gasteiger charge is 2.08. The van der Waals surface area contributed by atoms with Crippen LogP contribution in [-0.2, 0) is 16.0 Å². The van der Waals surface area contributed by atoms with Gasteiger partial charge in [-0.3, -0.25) is 20.4 Å². The zero-order valence-corrected chi connectivity index (χ0v) is 11.1. The van der Waals surface area contributed by atoms with Crippen molar-refractivity contribution in [3.63, 3.8) is 0 Å². The number of aryl methyl sites for hydroxylation is 1. The van der Waals surface area contributed by atoms with Crippen molar-refractivity contribution in [2.45, 2.75) is 25.8 Å². The van der Waals surface area contributed by atoms with Gasteiger partial charge in [-0.2, -0.15) is 0 Å². The second-order valence-electron chi connectivity index (χ2n) is 4.17. The van der Waals surface area contributed by atoms with Crippen LogP contribution in [0.25, 0.3) is 0 Å². The maximum absolute atomic E-state index is 11.5. The number of nitrogens with two attached hydrogens (primary N) is 1. The summed E-state index contributed by atoms with van der Waals surface area (Å²) in [4.78, 5) is 22.6. The van der Waals surface area contributed by atoms with Crippen molar-refractivity contribution in [1.29, 1.82) is 0 Å². The lowest BCUT2D eigenvalue weighted by molar-refractivity contribution is -0.129. The fourth-order valence-electron chi connectivity index (χ4n) is 1.36. The van der Waals surface area contributed by atoms with E-state index in [1.807, 2.05) is 24.3 Å². The summed E-state index contributed by atoms with van der Waals surface area (Å²) in [7, 11) is 1.60. The molecule has 19 heavy (non-hydrogen) atoms. The molecule has 4 N–H and O–H groups in total. The Balaban J connectivity index is 2.31. The Hall–Kier alpha value is -2.08. The van der Waals surface area contributed by atoms with E-state index in [2.05, 4.69) is 10.9 Å². The molecule has 1 aromatic carbocycles. The van der Waals surface area contributed by atoms with Gasteiger partial charge in [0.15, 0.2) is 0 Å². The third kappa shape index (κ3) is 5.39. The third-order valence-electron chi connectivity index (χ3n) is 2.54. The fourth-order valence-corrected chi connectivity index (χ4v) is 1.36. The number of hydrogen-bond donors (Lipinski definition) is 3. The second kappa shape index (κ2) is 7.38. The fraction of sp³-hybridized carbons (Fsp3) is 0.385. The Kier molecular flexibility index (Phi) is 5.81. The minimum atomic E-state index is -0.651. The molecular weight excluding hydrogens is 246 g/mol. The van der Waals surface area contributed by atoms with E-state index in [-0.39, 0.29) is 12.3 Å². The van der Waals surface area contributed by atoms with Gasteiger partial charge in [0.25, 0.3) is 5.91 Å². The Morgan fingerprint density at radius 3 is 2.42 bits per heavy atom. The quantitative estimate of drug-likeness (QED) is 0.659. The van der Waals surface area contributed by atoms with Gasteiger partial charge in [0.1, 0.15) is 5.75 Å². The Morgan fingerprint density at radius 2 is 1.89 bits per heavy atom. The predicted octanol–water partition coefficient (Wildman–Crippen LogP) is 0.122. The van der Waals surface area contributed by atoms with E-state index in [9.17, 15) is 9.59 Å². The Labute approximate surface area is 112 Å². The molecule has 0 saturated heterocycles. The lowest BCUT2D eigenvalue weighted by Crippen LogP contribution is -2.48. The van der Waals surface area contributed by atoms with Gasteiger partial charge in [0.2, 0.25) is 5.91 Å². The van der Waals surface area contributed by atoms with Crippen molar-refractivity contribution >= 4 is 11.8 Å². The van der Waals surface area contributed by atoms with Crippen LogP contribution < -0.4 is 21.3 Å². The summed E-state index contributed by atoms with van der Waals surface area (Å²) in [5.41, 5.74) is 10.9. The summed E-state index contributed by atoms with van der Waals surface area (Å²) in [5, 5.41) is 0. The number of ether oxygens (including phenoxy) is 1. The molecule has 2 amide bonds. The van der Waals surface area contributed by atoms with Crippen LogP contribution in [-0.4, -0.2) is 25.0 Å². The number of carbonyl (C=O) groups excluding carboxylic acids is 2. The van der Waals surface area contributed by atoms with Crippen LogP contribution in [0.4, 0.5) is 0 Å². The number of amides is 2. The number of rotatable bonds is 5. The van der Waals surface area contributed by atoms with Crippen molar-refractivity contribution in [1.82, 2.24) is 10.9 Å². The summed E-state index contributed by atoms with van der Waals surface area (Å²) >= 11 is 0. The number of methoxy groups -OCH3 is 1. The van der Waals surface area contributed by atoms with Crippen LogP contribution >= 0.6 is 0 Å². The average Bonchev–Trinajstić information content (AvgIpc) is 2.42. The van der Waals surface area contributed by atoms with E-state index in [1.165, 1.54) is 0 Å². The van der Waals surface area contributed by atoms with Crippen molar-refractivity contribution in [3.05, 3.63) is 29.8 Å². The number of nitrogens with one attached hydrogen (secondary N) is 2. The molecule has 0 fully saturated rings. The minimum Gasteiger partial charge on any atom is -0.497 e. The minimum absolute atomic E-state index is 0.259. The molecule has 1 atom stereocenters. The van der Waals surface area contributed by atoms with Crippen LogP contribution in [0.15, 0.2) is 24.3 Å². The van der Waals surface area contributed by atoms with Crippen molar-refractivity contribution in [2.75, 3.05) is 7.11 Å². The first-order chi connectivity index (χ1) is 9.02. The molecule has 0 heterocycles. The number of hydrogen-bond acceptors (Lipinski definition) is 4. The number of benzene rings is 1. The highest BCUT2D eigenvalue weighted by Crippen LogP contribution is 2.12. The molecule has 0 aliphatic carbocycles. The zero-order valence-electron chi connectivity index (χ0n) is 11.1. The molecule has 0 radical (unpaired) electrons. The molecule has 1 aromatic rings. The number of hydrazine groups is 1. The van der Waals surface area contributed by atoms with Crippen LogP contribution in [0.3, 0.4) is 0 Å². The van der Waals surface area contributed by atoms with Gasteiger partial charge in [-0.05, 0) is 31.0 Å². The maximum atomic E-state index is 11.5. The van der Waals surface area contributed by atoms with Gasteiger partial charge in [0, 0.05) is 6.42 Å². The van der Waals surface area contributed by atoms with Gasteiger partial charge in [-0.15, -0.1) is 0 Å². The molecule has 0 aliphatic rings. The second-order valence-corrected chi connectivity index (χ2v) is 4.17. The highest BCUT2D eigenvalue weighted by molar-refractivity contribution is 5.84. The van der Waals surface area contributed by atoms with Gasteiger partial charge in [-0.1, -0.05) is 12.1 Å². The Morgan fingerprint density at radius 1 is 1.26 bits per heavy atom. The smallest absolute Gasteiger partial charge is 0.254 e. The molecule has 1 unspecified atom stereocenters. The first-order valence-electron chi connectivity index (χ1n) is 6.00. The van der Waals surface area contributed by atoms with E-state index in [1.54, 1.807) is 14.0 Å². The normalized spacial score (nSPS) is 11.5. The molecule has 0 aliphatic heterocycles. The molecular formula is C13H19N3O3. The average molecular weight is 265 g/mol. The summed E-state index contributed by atoms with van der Waals surface area (Å²) in [6.45, 7) is 1.54. The summed E-state index contributed by atoms with van der Waals surface area (Å²) in [6, 6.07) is 6.82.